The van der Waals surface area contributed by atoms with Gasteiger partial charge in [-0.05, 0) is 18.6 Å². The van der Waals surface area contributed by atoms with E-state index in [2.05, 4.69) is 14.7 Å². The van der Waals surface area contributed by atoms with Crippen LogP contribution in [0.15, 0.2) is 6.07 Å². The molecule has 0 saturated heterocycles. The molecule has 0 aliphatic heterocycles. The van der Waals surface area contributed by atoms with Crippen LogP contribution >= 0.6 is 11.6 Å². The third-order valence-corrected chi connectivity index (χ3v) is 5.12. The second-order valence-corrected chi connectivity index (χ2v) is 7.60. The molecule has 1 aromatic heterocycles. The number of carbonyl (C=O) groups excluding carboxylic acids is 1. The van der Waals surface area contributed by atoms with Gasteiger partial charge in [0.2, 0.25) is 10.0 Å². The van der Waals surface area contributed by atoms with Gasteiger partial charge in [0, 0.05) is 0 Å². The second-order valence-electron chi connectivity index (χ2n) is 5.31. The molecule has 1 aromatic carbocycles. The zero-order chi connectivity index (χ0) is 19.6. The van der Waals surface area contributed by atoms with Gasteiger partial charge in [-0.25, -0.2) is 18.4 Å². The molecule has 0 atom stereocenters. The van der Waals surface area contributed by atoms with Crippen LogP contribution < -0.4 is 13.8 Å². The van der Waals surface area contributed by atoms with Gasteiger partial charge in [0.25, 0.3) is 11.8 Å². The minimum absolute atomic E-state index is 0.0167. The van der Waals surface area contributed by atoms with Gasteiger partial charge < -0.3 is 14.2 Å². The van der Waals surface area contributed by atoms with Crippen LogP contribution in [-0.4, -0.2) is 58.5 Å². The number of fused-ring (bicyclic) bond motifs is 1. The van der Waals surface area contributed by atoms with Crippen LogP contribution in [-0.2, 0) is 19.6 Å². The predicted octanol–water partition coefficient (Wildman–Crippen LogP) is 1.55. The Labute approximate surface area is 155 Å². The van der Waals surface area contributed by atoms with Gasteiger partial charge in [-0.15, -0.1) is 0 Å². The summed E-state index contributed by atoms with van der Waals surface area (Å²) in [5, 5.41) is 0.119. The second kappa shape index (κ2) is 7.50. The van der Waals surface area contributed by atoms with E-state index in [0.717, 1.165) is 17.7 Å². The number of anilines is 1. The zero-order valence-electron chi connectivity index (χ0n) is 14.9. The van der Waals surface area contributed by atoms with Crippen molar-refractivity contribution >= 4 is 44.3 Å². The first-order valence-corrected chi connectivity index (χ1v) is 9.50. The summed E-state index contributed by atoms with van der Waals surface area (Å²) in [7, 11) is 0.0548. The summed E-state index contributed by atoms with van der Waals surface area (Å²) in [5.41, 5.74) is 1.04. The Balaban J connectivity index is 2.89. The third kappa shape index (κ3) is 3.75. The van der Waals surface area contributed by atoms with Crippen molar-refractivity contribution in [1.29, 1.82) is 0 Å². The average Bonchev–Trinajstić information content (AvgIpc) is 2.59. The fourth-order valence-electron chi connectivity index (χ4n) is 2.29. The van der Waals surface area contributed by atoms with E-state index >= 15 is 0 Å². The summed E-state index contributed by atoms with van der Waals surface area (Å²) in [5.74, 6) is -0.575. The summed E-state index contributed by atoms with van der Waals surface area (Å²) >= 11 is 6.37. The topological polar surface area (TPSA) is 108 Å². The van der Waals surface area contributed by atoms with E-state index in [1.165, 1.54) is 14.2 Å². The number of methoxy groups -OCH3 is 3. The van der Waals surface area contributed by atoms with Crippen molar-refractivity contribution in [3.05, 3.63) is 16.7 Å². The number of aromatic nitrogens is 2. The summed E-state index contributed by atoms with van der Waals surface area (Å²) < 4.78 is 40.3. The molecule has 0 aliphatic rings. The van der Waals surface area contributed by atoms with E-state index in [1.807, 2.05) is 0 Å². The molecule has 0 radical (unpaired) electrons. The molecule has 9 nitrogen and oxygen atoms in total. The van der Waals surface area contributed by atoms with Gasteiger partial charge in [-0.3, -0.25) is 9.10 Å². The lowest BCUT2D eigenvalue weighted by Crippen LogP contribution is -2.36. The maximum atomic E-state index is 12.3. The van der Waals surface area contributed by atoms with Crippen molar-refractivity contribution in [1.82, 2.24) is 9.97 Å². The van der Waals surface area contributed by atoms with Crippen LogP contribution in [0.25, 0.3) is 11.0 Å². The normalized spacial score (nSPS) is 11.3. The number of carbonyl (C=O) groups is 1. The van der Waals surface area contributed by atoms with Gasteiger partial charge in [0.15, 0.2) is 0 Å². The van der Waals surface area contributed by atoms with Gasteiger partial charge in [-0.2, -0.15) is 0 Å². The quantitative estimate of drug-likeness (QED) is 0.668. The smallest absolute Gasteiger partial charge is 0.326 e. The number of ether oxygens (including phenoxy) is 3. The van der Waals surface area contributed by atoms with Gasteiger partial charge in [0.1, 0.15) is 12.1 Å². The number of esters is 1. The molecule has 0 fully saturated rings. The van der Waals surface area contributed by atoms with Crippen LogP contribution in [0.5, 0.6) is 11.8 Å². The van der Waals surface area contributed by atoms with E-state index in [1.54, 1.807) is 13.0 Å². The van der Waals surface area contributed by atoms with E-state index in [9.17, 15) is 13.2 Å². The molecule has 0 spiro atoms. The number of halogens is 1. The number of nitrogens with zero attached hydrogens (tertiary/aromatic N) is 3. The standard InChI is InChI=1S/C15H18ClN3O6S/c1-8-6-9-12(18-15(25-4)14(17-9)24-3)13(11(8)16)19(26(5,21)22)7-10(20)23-2/h6H,7H2,1-5H3. The third-order valence-electron chi connectivity index (χ3n) is 3.53. The number of benzene rings is 1. The molecule has 0 N–H and O–H groups in total. The molecule has 142 valence electrons. The number of aryl methyl sites for hydroxylation is 1. The van der Waals surface area contributed by atoms with Crippen molar-refractivity contribution in [2.24, 2.45) is 0 Å². The molecule has 0 amide bonds. The average molecular weight is 404 g/mol. The molecule has 2 aromatic rings. The summed E-state index contributed by atoms with van der Waals surface area (Å²) in [4.78, 5) is 20.3. The number of sulfonamides is 1. The van der Waals surface area contributed by atoms with Gasteiger partial charge in [-0.1, -0.05) is 11.6 Å². The first kappa shape index (κ1) is 20.0. The van der Waals surface area contributed by atoms with Gasteiger partial charge in [0.05, 0.1) is 43.8 Å². The summed E-state index contributed by atoms with van der Waals surface area (Å²) in [6.07, 6.45) is 0.953. The van der Waals surface area contributed by atoms with E-state index in [4.69, 9.17) is 21.1 Å². The first-order chi connectivity index (χ1) is 12.1. The highest BCUT2D eigenvalue weighted by Crippen LogP contribution is 2.39. The molecule has 26 heavy (non-hydrogen) atoms. The maximum Gasteiger partial charge on any atom is 0.326 e. The maximum absolute atomic E-state index is 12.3. The lowest BCUT2D eigenvalue weighted by Gasteiger charge is -2.24. The zero-order valence-corrected chi connectivity index (χ0v) is 16.4. The van der Waals surface area contributed by atoms with Crippen molar-refractivity contribution in [3.63, 3.8) is 0 Å². The van der Waals surface area contributed by atoms with E-state index in [0.29, 0.717) is 11.1 Å². The number of hydrogen-bond donors (Lipinski definition) is 0. The lowest BCUT2D eigenvalue weighted by molar-refractivity contribution is -0.138. The lowest BCUT2D eigenvalue weighted by atomic mass is 10.1. The van der Waals surface area contributed by atoms with Gasteiger partial charge >= 0.3 is 5.97 Å². The first-order valence-electron chi connectivity index (χ1n) is 7.27. The van der Waals surface area contributed by atoms with E-state index in [-0.39, 0.29) is 28.0 Å². The molecule has 1 heterocycles. The Hall–Kier alpha value is -2.33. The number of rotatable bonds is 6. The highest BCUT2D eigenvalue weighted by molar-refractivity contribution is 7.92. The monoisotopic (exact) mass is 403 g/mol. The SMILES string of the molecule is COC(=O)CN(c1c(Cl)c(C)cc2nc(OC)c(OC)nc12)S(C)(=O)=O. The largest absolute Gasteiger partial charge is 0.477 e. The van der Waals surface area contributed by atoms with Crippen LogP contribution in [0.2, 0.25) is 5.02 Å². The minimum Gasteiger partial charge on any atom is -0.477 e. The molecule has 11 heteroatoms. The molecular formula is C15H18ClN3O6S. The van der Waals surface area contributed by atoms with Crippen molar-refractivity contribution in [3.8, 4) is 11.8 Å². The fraction of sp³-hybridized carbons (Fsp3) is 0.400. The highest BCUT2D eigenvalue weighted by Gasteiger charge is 2.28. The minimum atomic E-state index is -3.88. The van der Waals surface area contributed by atoms with Crippen LogP contribution in [0.1, 0.15) is 5.56 Å². The molecule has 2 rings (SSSR count). The van der Waals surface area contributed by atoms with Crippen LogP contribution in [0.4, 0.5) is 5.69 Å². The van der Waals surface area contributed by atoms with Crippen LogP contribution in [0.3, 0.4) is 0 Å². The van der Waals surface area contributed by atoms with Crippen molar-refractivity contribution in [2.45, 2.75) is 6.92 Å². The Morgan fingerprint density at radius 3 is 2.27 bits per heavy atom. The molecule has 0 unspecified atom stereocenters. The predicted molar refractivity (Wildman–Crippen MR) is 96.6 cm³/mol. The molecule has 0 bridgehead atoms. The Bertz CT molecular complexity index is 964. The van der Waals surface area contributed by atoms with Crippen LogP contribution in [0, 0.1) is 6.92 Å². The fourth-order valence-corrected chi connectivity index (χ4v) is 3.43. The Morgan fingerprint density at radius 2 is 1.77 bits per heavy atom. The Morgan fingerprint density at radius 1 is 1.19 bits per heavy atom. The molecule has 0 saturated carbocycles. The molecule has 0 aliphatic carbocycles. The van der Waals surface area contributed by atoms with E-state index < -0.39 is 22.5 Å². The van der Waals surface area contributed by atoms with Crippen molar-refractivity contribution in [2.75, 3.05) is 38.4 Å². The summed E-state index contributed by atoms with van der Waals surface area (Å²) in [6.45, 7) is 1.12. The Kier molecular flexibility index (Phi) is 5.77. The van der Waals surface area contributed by atoms with Crippen molar-refractivity contribution < 1.29 is 27.4 Å². The molecular weight excluding hydrogens is 386 g/mol. The highest BCUT2D eigenvalue weighted by atomic mass is 35.5. The summed E-state index contributed by atoms with van der Waals surface area (Å²) in [6, 6.07) is 1.63. The number of hydrogen-bond acceptors (Lipinski definition) is 8.